The van der Waals surface area contributed by atoms with Crippen molar-refractivity contribution in [2.75, 3.05) is 26.4 Å². The lowest BCUT2D eigenvalue weighted by atomic mass is 9.89. The molecule has 2 bridgehead atoms. The maximum absolute atomic E-state index is 11.9. The van der Waals surface area contributed by atoms with Crippen molar-refractivity contribution in [3.05, 3.63) is 35.9 Å². The second-order valence-electron chi connectivity index (χ2n) is 5.34. The minimum atomic E-state index is -0.884. The lowest BCUT2D eigenvalue weighted by Gasteiger charge is -2.51. The third kappa shape index (κ3) is 2.44. The molecule has 0 atom stereocenters. The molecule has 1 aromatic carbocycles. The van der Waals surface area contributed by atoms with Gasteiger partial charge in [0.1, 0.15) is 6.61 Å². The van der Waals surface area contributed by atoms with Gasteiger partial charge in [-0.05, 0) is 12.1 Å². The van der Waals surface area contributed by atoms with Gasteiger partial charge in [0.15, 0.2) is 0 Å². The first-order chi connectivity index (χ1) is 9.67. The average Bonchev–Trinajstić information content (AvgIpc) is 2.55. The van der Waals surface area contributed by atoms with Crippen LogP contribution < -0.4 is 0 Å². The van der Waals surface area contributed by atoms with Crippen molar-refractivity contribution in [1.29, 1.82) is 0 Å². The first-order valence-corrected chi connectivity index (χ1v) is 6.81. The van der Waals surface area contributed by atoms with E-state index in [2.05, 4.69) is 0 Å². The van der Waals surface area contributed by atoms with Gasteiger partial charge in [-0.1, -0.05) is 25.1 Å². The van der Waals surface area contributed by atoms with Crippen molar-refractivity contribution in [1.82, 2.24) is 0 Å². The summed E-state index contributed by atoms with van der Waals surface area (Å²) in [5.74, 6) is -1.22. The minimum absolute atomic E-state index is 0.237. The first kappa shape index (κ1) is 13.5. The minimum Gasteiger partial charge on any atom is -0.461 e. The van der Waals surface area contributed by atoms with Gasteiger partial charge in [-0.2, -0.15) is 0 Å². The predicted molar refractivity (Wildman–Crippen MR) is 70.0 cm³/mol. The van der Waals surface area contributed by atoms with Crippen molar-refractivity contribution in [3.63, 3.8) is 0 Å². The van der Waals surface area contributed by atoms with Gasteiger partial charge in [0.2, 0.25) is 0 Å². The summed E-state index contributed by atoms with van der Waals surface area (Å²) in [6.07, 6.45) is 0.646. The summed E-state index contributed by atoms with van der Waals surface area (Å²) in [7, 11) is 0. The third-order valence-corrected chi connectivity index (χ3v) is 3.75. The Morgan fingerprint density at radius 1 is 1.15 bits per heavy atom. The van der Waals surface area contributed by atoms with Crippen LogP contribution in [-0.4, -0.2) is 38.4 Å². The fourth-order valence-electron chi connectivity index (χ4n) is 2.35. The molecular formula is C15H18O5. The number of carbonyl (C=O) groups is 1. The molecule has 3 heterocycles. The molecule has 3 saturated heterocycles. The van der Waals surface area contributed by atoms with Gasteiger partial charge >= 0.3 is 5.97 Å². The van der Waals surface area contributed by atoms with E-state index in [0.29, 0.717) is 31.8 Å². The molecule has 3 aliphatic rings. The number of fused-ring (bicyclic) bond motifs is 3. The van der Waals surface area contributed by atoms with E-state index in [0.717, 1.165) is 0 Å². The van der Waals surface area contributed by atoms with Crippen LogP contribution in [0.1, 0.15) is 23.7 Å². The molecule has 0 amide bonds. The summed E-state index contributed by atoms with van der Waals surface area (Å²) < 4.78 is 22.2. The van der Waals surface area contributed by atoms with Crippen LogP contribution in [0.3, 0.4) is 0 Å². The molecule has 0 saturated carbocycles. The van der Waals surface area contributed by atoms with Crippen molar-refractivity contribution in [2.24, 2.45) is 5.41 Å². The number of rotatable bonds is 4. The number of hydrogen-bond donors (Lipinski definition) is 0. The average molecular weight is 278 g/mol. The molecule has 108 valence electrons. The van der Waals surface area contributed by atoms with Gasteiger partial charge in [-0.15, -0.1) is 0 Å². The highest BCUT2D eigenvalue weighted by atomic mass is 16.9. The molecule has 0 unspecified atom stereocenters. The maximum Gasteiger partial charge on any atom is 0.338 e. The zero-order valence-corrected chi connectivity index (χ0v) is 11.5. The molecule has 0 aromatic heterocycles. The van der Waals surface area contributed by atoms with E-state index in [1.807, 2.05) is 13.0 Å². The number of ether oxygens (including phenoxy) is 4. The van der Waals surface area contributed by atoms with E-state index >= 15 is 0 Å². The number of carbonyl (C=O) groups excluding carboxylic acids is 1. The normalized spacial score (nSPS) is 32.0. The summed E-state index contributed by atoms with van der Waals surface area (Å²) in [5.41, 5.74) is 0.155. The van der Waals surface area contributed by atoms with E-state index in [9.17, 15) is 4.79 Å². The Bertz CT molecular complexity index is 460. The highest BCUT2D eigenvalue weighted by Gasteiger charge is 2.52. The fourth-order valence-corrected chi connectivity index (χ4v) is 2.35. The second-order valence-corrected chi connectivity index (χ2v) is 5.34. The summed E-state index contributed by atoms with van der Waals surface area (Å²) >= 11 is 0. The molecule has 0 radical (unpaired) electrons. The quantitative estimate of drug-likeness (QED) is 0.788. The van der Waals surface area contributed by atoms with Crippen LogP contribution in [0.2, 0.25) is 0 Å². The Morgan fingerprint density at radius 2 is 1.75 bits per heavy atom. The van der Waals surface area contributed by atoms with Crippen LogP contribution in [0.15, 0.2) is 30.3 Å². The van der Waals surface area contributed by atoms with E-state index in [1.165, 1.54) is 0 Å². The molecule has 0 spiro atoms. The molecule has 4 rings (SSSR count). The highest BCUT2D eigenvalue weighted by molar-refractivity contribution is 5.89. The Hall–Kier alpha value is -1.43. The maximum atomic E-state index is 11.9. The van der Waals surface area contributed by atoms with Gasteiger partial charge < -0.3 is 18.9 Å². The molecular weight excluding hydrogens is 260 g/mol. The van der Waals surface area contributed by atoms with E-state index in [4.69, 9.17) is 18.9 Å². The Morgan fingerprint density at radius 3 is 2.30 bits per heavy atom. The molecule has 0 aliphatic carbocycles. The van der Waals surface area contributed by atoms with Crippen LogP contribution >= 0.6 is 0 Å². The second kappa shape index (κ2) is 5.16. The summed E-state index contributed by atoms with van der Waals surface area (Å²) in [5, 5.41) is 0. The standard InChI is InChI=1S/C15H18O5/c1-2-15-18-9-14(10-19-15,11-20-15)8-17-13(16)12-6-4-3-5-7-12/h3-7H,2,8-11H2,1H3. The van der Waals surface area contributed by atoms with E-state index in [-0.39, 0.29) is 18.0 Å². The van der Waals surface area contributed by atoms with Crippen LogP contribution in [0.5, 0.6) is 0 Å². The van der Waals surface area contributed by atoms with Gasteiger partial charge in [-0.25, -0.2) is 4.79 Å². The smallest absolute Gasteiger partial charge is 0.338 e. The van der Waals surface area contributed by atoms with Gasteiger partial charge in [0.25, 0.3) is 5.97 Å². The highest BCUT2D eigenvalue weighted by Crippen LogP contribution is 2.40. The van der Waals surface area contributed by atoms with Gasteiger partial charge in [0, 0.05) is 6.42 Å². The Balaban J connectivity index is 1.58. The monoisotopic (exact) mass is 278 g/mol. The SMILES string of the molecule is CCC12OCC(COC(=O)c3ccccc3)(CO1)CO2. The molecule has 20 heavy (non-hydrogen) atoms. The number of esters is 1. The summed E-state index contributed by atoms with van der Waals surface area (Å²) in [6, 6.07) is 8.93. The molecule has 5 heteroatoms. The van der Waals surface area contributed by atoms with E-state index < -0.39 is 5.97 Å². The van der Waals surface area contributed by atoms with Crippen molar-refractivity contribution >= 4 is 5.97 Å². The van der Waals surface area contributed by atoms with Crippen molar-refractivity contribution in [3.8, 4) is 0 Å². The van der Waals surface area contributed by atoms with Crippen molar-refractivity contribution < 1.29 is 23.7 Å². The zero-order chi connectivity index (χ0) is 14.1. The van der Waals surface area contributed by atoms with Crippen LogP contribution in [0, 0.1) is 5.41 Å². The topological polar surface area (TPSA) is 54.0 Å². The third-order valence-electron chi connectivity index (χ3n) is 3.75. The summed E-state index contributed by atoms with van der Waals surface area (Å²) in [6.45, 7) is 3.66. The Labute approximate surface area is 117 Å². The molecule has 5 nitrogen and oxygen atoms in total. The van der Waals surface area contributed by atoms with Crippen LogP contribution in [-0.2, 0) is 18.9 Å². The van der Waals surface area contributed by atoms with Gasteiger partial charge in [-0.3, -0.25) is 0 Å². The molecule has 3 fully saturated rings. The van der Waals surface area contributed by atoms with Crippen LogP contribution in [0.4, 0.5) is 0 Å². The Kier molecular flexibility index (Phi) is 3.50. The molecule has 0 N–H and O–H groups in total. The first-order valence-electron chi connectivity index (χ1n) is 6.81. The van der Waals surface area contributed by atoms with E-state index in [1.54, 1.807) is 24.3 Å². The fraction of sp³-hybridized carbons (Fsp3) is 0.533. The van der Waals surface area contributed by atoms with Crippen molar-refractivity contribution in [2.45, 2.75) is 19.3 Å². The molecule has 1 aromatic rings. The summed E-state index contributed by atoms with van der Waals surface area (Å²) in [4.78, 5) is 11.9. The number of benzene rings is 1. The zero-order valence-electron chi connectivity index (χ0n) is 11.5. The predicted octanol–water partition coefficient (Wildman–Crippen LogP) is 1.97. The lowest BCUT2D eigenvalue weighted by Crippen LogP contribution is -2.61. The number of hydrogen-bond acceptors (Lipinski definition) is 5. The lowest BCUT2D eigenvalue weighted by molar-refractivity contribution is -0.470. The molecule has 3 aliphatic heterocycles. The van der Waals surface area contributed by atoms with Gasteiger partial charge in [0.05, 0.1) is 30.8 Å². The largest absolute Gasteiger partial charge is 0.461 e. The van der Waals surface area contributed by atoms with Crippen LogP contribution in [0.25, 0.3) is 0 Å².